The molecule has 0 bridgehead atoms. The van der Waals surface area contributed by atoms with Crippen molar-refractivity contribution in [2.24, 2.45) is 0 Å². The molecule has 1 aromatic heterocycles. The predicted molar refractivity (Wildman–Crippen MR) is 111 cm³/mol. The van der Waals surface area contributed by atoms with Gasteiger partial charge in [0.05, 0.1) is 5.69 Å². The number of amides is 2. The number of carbonyl (C=O) groups excluding carboxylic acids is 2. The van der Waals surface area contributed by atoms with Gasteiger partial charge < -0.3 is 16.4 Å². The van der Waals surface area contributed by atoms with Gasteiger partial charge in [-0.05, 0) is 28.6 Å². The van der Waals surface area contributed by atoms with Gasteiger partial charge in [0.2, 0.25) is 0 Å². The number of rotatable bonds is 7. The first kappa shape index (κ1) is 19.6. The molecule has 1 atom stereocenters. The number of nitrogens with two attached hydrogens (primary N) is 1. The average molecular weight is 395 g/mol. The number of anilines is 1. The molecular formula is C21H22N4O2S. The van der Waals surface area contributed by atoms with Gasteiger partial charge in [-0.3, -0.25) is 9.59 Å². The Labute approximate surface area is 167 Å². The molecule has 0 saturated carbocycles. The molecule has 2 aromatic carbocycles. The van der Waals surface area contributed by atoms with E-state index in [2.05, 4.69) is 15.0 Å². The first-order chi connectivity index (χ1) is 13.6. The average Bonchev–Trinajstić information content (AvgIpc) is 3.13. The van der Waals surface area contributed by atoms with Crippen LogP contribution in [0.3, 0.4) is 0 Å². The van der Waals surface area contributed by atoms with Gasteiger partial charge in [0.25, 0.3) is 11.8 Å². The van der Waals surface area contributed by atoms with Crippen LogP contribution < -0.4 is 16.4 Å². The summed E-state index contributed by atoms with van der Waals surface area (Å²) in [6.07, 6.45) is 0. The number of carbonyl (C=O) groups is 2. The zero-order chi connectivity index (χ0) is 19.9. The molecule has 7 heteroatoms. The van der Waals surface area contributed by atoms with Crippen LogP contribution in [0.25, 0.3) is 0 Å². The number of hydrogen-bond acceptors (Lipinski definition) is 5. The summed E-state index contributed by atoms with van der Waals surface area (Å²) in [5, 5.41) is 5.64. The molecule has 1 heterocycles. The van der Waals surface area contributed by atoms with Gasteiger partial charge >= 0.3 is 0 Å². The van der Waals surface area contributed by atoms with E-state index in [-0.39, 0.29) is 28.1 Å². The van der Waals surface area contributed by atoms with E-state index in [1.54, 1.807) is 0 Å². The van der Waals surface area contributed by atoms with E-state index in [0.717, 1.165) is 22.7 Å². The molecule has 144 valence electrons. The number of nitrogen functional groups attached to an aromatic ring is 1. The number of benzene rings is 2. The zero-order valence-corrected chi connectivity index (χ0v) is 16.3. The number of aromatic nitrogens is 1. The molecule has 0 radical (unpaired) electrons. The van der Waals surface area contributed by atoms with Gasteiger partial charge in [-0.2, -0.15) is 4.37 Å². The molecule has 0 fully saturated rings. The lowest BCUT2D eigenvalue weighted by molar-refractivity contribution is 0.0947. The Morgan fingerprint density at radius 2 is 1.64 bits per heavy atom. The summed E-state index contributed by atoms with van der Waals surface area (Å²) >= 11 is 0.934. The molecule has 28 heavy (non-hydrogen) atoms. The normalized spacial score (nSPS) is 11.6. The Balaban J connectivity index is 1.58. The maximum atomic E-state index is 12.5. The fourth-order valence-electron chi connectivity index (χ4n) is 2.71. The van der Waals surface area contributed by atoms with Crippen LogP contribution in [0.1, 0.15) is 44.1 Å². The largest absolute Gasteiger partial charge is 0.395 e. The van der Waals surface area contributed by atoms with Crippen molar-refractivity contribution >= 4 is 29.0 Å². The minimum Gasteiger partial charge on any atom is -0.395 e. The van der Waals surface area contributed by atoms with Crippen LogP contribution in [0.5, 0.6) is 0 Å². The lowest BCUT2D eigenvalue weighted by Gasteiger charge is -2.12. The van der Waals surface area contributed by atoms with Gasteiger partial charge in [-0.15, -0.1) is 0 Å². The molecule has 0 aliphatic rings. The molecule has 0 saturated heterocycles. The van der Waals surface area contributed by atoms with Crippen LogP contribution in [0.4, 0.5) is 5.69 Å². The first-order valence-corrected chi connectivity index (χ1v) is 9.74. The molecule has 6 nitrogen and oxygen atoms in total. The summed E-state index contributed by atoms with van der Waals surface area (Å²) in [5.74, 6) is -0.554. The van der Waals surface area contributed by atoms with Crippen LogP contribution in [0.2, 0.25) is 0 Å². The Kier molecular flexibility index (Phi) is 6.39. The fourth-order valence-corrected chi connectivity index (χ4v) is 3.43. The molecule has 0 unspecified atom stereocenters. The van der Waals surface area contributed by atoms with Crippen LogP contribution in [-0.2, 0) is 6.54 Å². The van der Waals surface area contributed by atoms with Crippen molar-refractivity contribution in [3.8, 4) is 0 Å². The summed E-state index contributed by atoms with van der Waals surface area (Å²) in [7, 11) is 0. The fraction of sp³-hybridized carbons (Fsp3) is 0.190. The summed E-state index contributed by atoms with van der Waals surface area (Å²) < 4.78 is 4.08. The van der Waals surface area contributed by atoms with E-state index in [1.165, 1.54) is 0 Å². The summed E-state index contributed by atoms with van der Waals surface area (Å²) in [5.41, 5.74) is 8.32. The summed E-state index contributed by atoms with van der Waals surface area (Å²) in [6.45, 7) is 2.87. The quantitative estimate of drug-likeness (QED) is 0.573. The first-order valence-electron chi connectivity index (χ1n) is 8.96. The topological polar surface area (TPSA) is 97.1 Å². The Morgan fingerprint density at radius 3 is 2.32 bits per heavy atom. The molecule has 0 aliphatic heterocycles. The van der Waals surface area contributed by atoms with E-state index < -0.39 is 5.91 Å². The smallest absolute Gasteiger partial charge is 0.273 e. The maximum Gasteiger partial charge on any atom is 0.273 e. The number of nitrogens with zero attached hydrogens (tertiary/aromatic N) is 1. The summed E-state index contributed by atoms with van der Waals surface area (Å²) in [6, 6.07) is 19.5. The van der Waals surface area contributed by atoms with Crippen molar-refractivity contribution in [3.05, 3.63) is 82.4 Å². The third-order valence-corrected chi connectivity index (χ3v) is 5.24. The van der Waals surface area contributed by atoms with Crippen LogP contribution in [0, 0.1) is 0 Å². The Bertz CT molecular complexity index is 942. The van der Waals surface area contributed by atoms with Crippen molar-refractivity contribution in [1.82, 2.24) is 15.0 Å². The highest BCUT2D eigenvalue weighted by molar-refractivity contribution is 7.09. The molecule has 0 spiro atoms. The van der Waals surface area contributed by atoms with Gasteiger partial charge in [-0.1, -0.05) is 67.6 Å². The number of nitrogens with one attached hydrogen (secondary N) is 2. The second kappa shape index (κ2) is 9.14. The second-order valence-corrected chi connectivity index (χ2v) is 7.24. The maximum absolute atomic E-state index is 12.5. The second-order valence-electron chi connectivity index (χ2n) is 6.46. The molecule has 2 amide bonds. The van der Waals surface area contributed by atoms with E-state index in [0.29, 0.717) is 13.1 Å². The Hall–Kier alpha value is -3.19. The monoisotopic (exact) mass is 394 g/mol. The van der Waals surface area contributed by atoms with Crippen molar-refractivity contribution in [2.75, 3.05) is 12.3 Å². The SMILES string of the molecule is C[C@@H](CNC(=O)c1snc(C(=O)NCc2ccccc2)c1N)c1ccccc1. The molecule has 4 N–H and O–H groups in total. The zero-order valence-electron chi connectivity index (χ0n) is 15.5. The highest BCUT2D eigenvalue weighted by Crippen LogP contribution is 2.22. The molecular weight excluding hydrogens is 372 g/mol. The molecule has 3 aromatic rings. The summed E-state index contributed by atoms with van der Waals surface area (Å²) in [4.78, 5) is 25.1. The minimum atomic E-state index is -0.394. The van der Waals surface area contributed by atoms with Crippen LogP contribution >= 0.6 is 11.5 Å². The third-order valence-electron chi connectivity index (χ3n) is 4.38. The lowest BCUT2D eigenvalue weighted by Crippen LogP contribution is -2.28. The van der Waals surface area contributed by atoms with Crippen LogP contribution in [-0.4, -0.2) is 22.7 Å². The highest BCUT2D eigenvalue weighted by atomic mass is 32.1. The van der Waals surface area contributed by atoms with Crippen molar-refractivity contribution < 1.29 is 9.59 Å². The van der Waals surface area contributed by atoms with E-state index in [4.69, 9.17) is 5.73 Å². The standard InChI is InChI=1S/C21H22N4O2S/c1-14(16-10-6-3-7-11-16)12-23-21(27)19-17(22)18(25-28-19)20(26)24-13-15-8-4-2-5-9-15/h2-11,14H,12-13,22H2,1H3,(H,23,27)(H,24,26)/t14-/m0/s1. The molecule has 3 rings (SSSR count). The van der Waals surface area contributed by atoms with Crippen molar-refractivity contribution in [3.63, 3.8) is 0 Å². The highest BCUT2D eigenvalue weighted by Gasteiger charge is 2.22. The lowest BCUT2D eigenvalue weighted by atomic mass is 10.0. The van der Waals surface area contributed by atoms with Gasteiger partial charge in [-0.25, -0.2) is 0 Å². The minimum absolute atomic E-state index is 0.0854. The van der Waals surface area contributed by atoms with Gasteiger partial charge in [0, 0.05) is 13.1 Å². The third kappa shape index (κ3) is 4.75. The van der Waals surface area contributed by atoms with Crippen molar-refractivity contribution in [2.45, 2.75) is 19.4 Å². The van der Waals surface area contributed by atoms with Crippen molar-refractivity contribution in [1.29, 1.82) is 0 Å². The number of hydrogen-bond donors (Lipinski definition) is 3. The van der Waals surface area contributed by atoms with Gasteiger partial charge in [0.15, 0.2) is 5.69 Å². The van der Waals surface area contributed by atoms with E-state index >= 15 is 0 Å². The van der Waals surface area contributed by atoms with E-state index in [9.17, 15) is 9.59 Å². The molecule has 0 aliphatic carbocycles. The van der Waals surface area contributed by atoms with Crippen LogP contribution in [0.15, 0.2) is 60.7 Å². The Morgan fingerprint density at radius 1 is 1.00 bits per heavy atom. The van der Waals surface area contributed by atoms with Gasteiger partial charge in [0.1, 0.15) is 4.88 Å². The predicted octanol–water partition coefficient (Wildman–Crippen LogP) is 3.19. The van der Waals surface area contributed by atoms with E-state index in [1.807, 2.05) is 67.6 Å².